The maximum absolute atomic E-state index is 10.9. The van der Waals surface area contributed by atoms with E-state index < -0.39 is 5.91 Å². The van der Waals surface area contributed by atoms with E-state index in [2.05, 4.69) is 10.3 Å². The van der Waals surface area contributed by atoms with Gasteiger partial charge >= 0.3 is 0 Å². The molecule has 1 aromatic heterocycles. The summed E-state index contributed by atoms with van der Waals surface area (Å²) in [7, 11) is 0. The van der Waals surface area contributed by atoms with Crippen LogP contribution in [0.3, 0.4) is 0 Å². The minimum Gasteiger partial charge on any atom is -0.491 e. The van der Waals surface area contributed by atoms with Crippen molar-refractivity contribution in [3.8, 4) is 5.75 Å². The van der Waals surface area contributed by atoms with E-state index in [1.54, 1.807) is 6.07 Å². The van der Waals surface area contributed by atoms with Gasteiger partial charge in [-0.15, -0.1) is 0 Å². The third-order valence-corrected chi connectivity index (χ3v) is 2.42. The molecule has 1 aromatic rings. The van der Waals surface area contributed by atoms with E-state index in [0.717, 1.165) is 13.1 Å². The van der Waals surface area contributed by atoms with Crippen LogP contribution in [0.2, 0.25) is 0 Å². The Labute approximate surface area is 99.1 Å². The fourth-order valence-electron chi connectivity index (χ4n) is 1.55. The molecule has 1 atom stereocenters. The third kappa shape index (κ3) is 3.40. The number of pyridine rings is 1. The summed E-state index contributed by atoms with van der Waals surface area (Å²) in [5.41, 5.74) is 5.33. The molecule has 1 aliphatic rings. The van der Waals surface area contributed by atoms with Crippen LogP contribution in [0.4, 0.5) is 0 Å². The molecule has 3 N–H and O–H groups in total. The fraction of sp³-hybridized carbons (Fsp3) is 0.455. The number of nitrogens with one attached hydrogen (secondary N) is 1. The van der Waals surface area contributed by atoms with Gasteiger partial charge in [-0.2, -0.15) is 0 Å². The minimum atomic E-state index is -0.564. The van der Waals surface area contributed by atoms with Crippen LogP contribution in [-0.4, -0.2) is 43.3 Å². The molecule has 0 bridgehead atoms. The summed E-state index contributed by atoms with van der Waals surface area (Å²) in [4.78, 5) is 14.8. The predicted octanol–water partition coefficient (Wildman–Crippen LogP) is -0.452. The van der Waals surface area contributed by atoms with Crippen molar-refractivity contribution < 1.29 is 14.3 Å². The molecule has 6 nitrogen and oxygen atoms in total. The van der Waals surface area contributed by atoms with Gasteiger partial charge in [0.15, 0.2) is 0 Å². The molecule has 1 amide bonds. The van der Waals surface area contributed by atoms with Crippen LogP contribution in [0.5, 0.6) is 5.75 Å². The number of aromatic nitrogens is 1. The molecule has 6 heteroatoms. The maximum Gasteiger partial charge on any atom is 0.267 e. The van der Waals surface area contributed by atoms with Gasteiger partial charge in [-0.3, -0.25) is 9.78 Å². The van der Waals surface area contributed by atoms with Crippen LogP contribution < -0.4 is 15.8 Å². The second-order valence-electron chi connectivity index (χ2n) is 3.75. The number of hydrogen-bond acceptors (Lipinski definition) is 5. The SMILES string of the molecule is NC(=O)c1cc(OCC2CNCCO2)ccn1. The molecule has 1 unspecified atom stereocenters. The van der Waals surface area contributed by atoms with E-state index in [4.69, 9.17) is 15.2 Å². The Balaban J connectivity index is 1.89. The molecule has 2 rings (SSSR count). The number of carbonyl (C=O) groups is 1. The molecule has 1 aliphatic heterocycles. The summed E-state index contributed by atoms with van der Waals surface area (Å²) in [5.74, 6) is 0.00834. The van der Waals surface area contributed by atoms with E-state index in [9.17, 15) is 4.79 Å². The van der Waals surface area contributed by atoms with Crippen LogP contribution in [-0.2, 0) is 4.74 Å². The summed E-state index contributed by atoms with van der Waals surface area (Å²) in [6, 6.07) is 3.21. The summed E-state index contributed by atoms with van der Waals surface area (Å²) in [5, 5.41) is 3.21. The summed E-state index contributed by atoms with van der Waals surface area (Å²) in [6.45, 7) is 2.78. The molecule has 0 saturated carbocycles. The lowest BCUT2D eigenvalue weighted by atomic mass is 10.3. The van der Waals surface area contributed by atoms with Crippen molar-refractivity contribution in [1.29, 1.82) is 0 Å². The second kappa shape index (κ2) is 5.60. The van der Waals surface area contributed by atoms with Crippen molar-refractivity contribution in [3.63, 3.8) is 0 Å². The van der Waals surface area contributed by atoms with Gasteiger partial charge in [0.25, 0.3) is 5.91 Å². The zero-order valence-corrected chi connectivity index (χ0v) is 9.39. The van der Waals surface area contributed by atoms with Crippen LogP contribution in [0.1, 0.15) is 10.5 Å². The van der Waals surface area contributed by atoms with Crippen molar-refractivity contribution >= 4 is 5.91 Å². The largest absolute Gasteiger partial charge is 0.491 e. The standard InChI is InChI=1S/C11H15N3O3/c12-11(15)10-5-8(1-2-14-10)17-7-9-6-13-3-4-16-9/h1-2,5,9,13H,3-4,6-7H2,(H2,12,15). The first-order valence-electron chi connectivity index (χ1n) is 5.46. The number of primary amides is 1. The first-order chi connectivity index (χ1) is 8.25. The summed E-state index contributed by atoms with van der Waals surface area (Å²) in [6.07, 6.45) is 1.53. The highest BCUT2D eigenvalue weighted by Gasteiger charge is 2.14. The lowest BCUT2D eigenvalue weighted by Crippen LogP contribution is -2.41. The molecule has 92 valence electrons. The van der Waals surface area contributed by atoms with Crippen LogP contribution in [0.25, 0.3) is 0 Å². The fourth-order valence-corrected chi connectivity index (χ4v) is 1.55. The predicted molar refractivity (Wildman–Crippen MR) is 60.9 cm³/mol. The zero-order chi connectivity index (χ0) is 12.1. The van der Waals surface area contributed by atoms with E-state index in [0.29, 0.717) is 19.0 Å². The number of morpholine rings is 1. The van der Waals surface area contributed by atoms with Crippen molar-refractivity contribution in [2.75, 3.05) is 26.3 Å². The smallest absolute Gasteiger partial charge is 0.267 e. The average molecular weight is 237 g/mol. The highest BCUT2D eigenvalue weighted by atomic mass is 16.5. The van der Waals surface area contributed by atoms with Crippen molar-refractivity contribution in [2.24, 2.45) is 5.73 Å². The number of nitrogens with zero attached hydrogens (tertiary/aromatic N) is 1. The quantitative estimate of drug-likeness (QED) is 0.740. The van der Waals surface area contributed by atoms with Gasteiger partial charge in [-0.25, -0.2) is 0 Å². The van der Waals surface area contributed by atoms with Crippen molar-refractivity contribution in [3.05, 3.63) is 24.0 Å². The first kappa shape index (κ1) is 11.8. The third-order valence-electron chi connectivity index (χ3n) is 2.42. The van der Waals surface area contributed by atoms with Crippen LogP contribution in [0.15, 0.2) is 18.3 Å². The molecular formula is C11H15N3O3. The van der Waals surface area contributed by atoms with Gasteiger partial charge in [-0.05, 0) is 6.07 Å². The topological polar surface area (TPSA) is 86.5 Å². The number of nitrogens with two attached hydrogens (primary N) is 1. The summed E-state index contributed by atoms with van der Waals surface area (Å²) >= 11 is 0. The van der Waals surface area contributed by atoms with E-state index in [1.165, 1.54) is 12.3 Å². The monoisotopic (exact) mass is 237 g/mol. The highest BCUT2D eigenvalue weighted by molar-refractivity contribution is 5.91. The average Bonchev–Trinajstić information content (AvgIpc) is 2.38. The van der Waals surface area contributed by atoms with E-state index in [1.807, 2.05) is 0 Å². The zero-order valence-electron chi connectivity index (χ0n) is 9.39. The Morgan fingerprint density at radius 1 is 1.71 bits per heavy atom. The molecule has 0 aromatic carbocycles. The Bertz CT molecular complexity index is 391. The number of amides is 1. The lowest BCUT2D eigenvalue weighted by molar-refractivity contribution is 0.000168. The second-order valence-corrected chi connectivity index (χ2v) is 3.75. The van der Waals surface area contributed by atoms with E-state index in [-0.39, 0.29) is 11.8 Å². The van der Waals surface area contributed by atoms with Gasteiger partial charge < -0.3 is 20.5 Å². The van der Waals surface area contributed by atoms with Gasteiger partial charge in [0, 0.05) is 25.4 Å². The van der Waals surface area contributed by atoms with Crippen LogP contribution in [0, 0.1) is 0 Å². The van der Waals surface area contributed by atoms with Gasteiger partial charge in [0.05, 0.1) is 6.61 Å². The van der Waals surface area contributed by atoms with Gasteiger partial charge in [0.1, 0.15) is 24.2 Å². The van der Waals surface area contributed by atoms with Gasteiger partial charge in [0.2, 0.25) is 0 Å². The molecular weight excluding hydrogens is 222 g/mol. The number of carbonyl (C=O) groups excluding carboxylic acids is 1. The number of ether oxygens (including phenoxy) is 2. The number of hydrogen-bond donors (Lipinski definition) is 2. The molecule has 0 radical (unpaired) electrons. The Morgan fingerprint density at radius 3 is 3.29 bits per heavy atom. The first-order valence-corrected chi connectivity index (χ1v) is 5.46. The van der Waals surface area contributed by atoms with E-state index >= 15 is 0 Å². The lowest BCUT2D eigenvalue weighted by Gasteiger charge is -2.23. The molecule has 1 fully saturated rings. The van der Waals surface area contributed by atoms with Crippen LogP contribution >= 0.6 is 0 Å². The van der Waals surface area contributed by atoms with Crippen molar-refractivity contribution in [1.82, 2.24) is 10.3 Å². The summed E-state index contributed by atoms with van der Waals surface area (Å²) < 4.78 is 11.0. The molecule has 17 heavy (non-hydrogen) atoms. The van der Waals surface area contributed by atoms with Crippen molar-refractivity contribution in [2.45, 2.75) is 6.10 Å². The van der Waals surface area contributed by atoms with Gasteiger partial charge in [-0.1, -0.05) is 0 Å². The molecule has 0 spiro atoms. The molecule has 0 aliphatic carbocycles. The minimum absolute atomic E-state index is 0.0361. The number of rotatable bonds is 4. The highest BCUT2D eigenvalue weighted by Crippen LogP contribution is 2.11. The Hall–Kier alpha value is -1.66. The Kier molecular flexibility index (Phi) is 3.89. The maximum atomic E-state index is 10.9. The molecule has 2 heterocycles. The molecule has 1 saturated heterocycles. The normalized spacial score (nSPS) is 19.9. The Morgan fingerprint density at radius 2 is 2.59 bits per heavy atom.